The molecule has 102 valence electrons. The van der Waals surface area contributed by atoms with Crippen LogP contribution in [0.25, 0.3) is 0 Å². The number of rotatable bonds is 3. The van der Waals surface area contributed by atoms with Crippen molar-refractivity contribution in [2.75, 3.05) is 5.32 Å². The monoisotopic (exact) mass is 273 g/mol. The highest BCUT2D eigenvalue weighted by Gasteiger charge is 2.26. The molecule has 0 bridgehead atoms. The molecule has 1 N–H and O–H groups in total. The standard InChI is InChI=1S/C16H13F2NO/c17-12-5-6-13(18)11(7-12)9-16(20)15-8-10-3-1-2-4-14(10)19-15/h1-7,15,19H,8-9H2. The minimum Gasteiger partial charge on any atom is -0.375 e. The SMILES string of the molecule is O=C(Cc1cc(F)ccc1F)C1Cc2ccccc2N1. The lowest BCUT2D eigenvalue weighted by atomic mass is 10.0. The minimum atomic E-state index is -0.546. The third kappa shape index (κ3) is 2.41. The predicted molar refractivity (Wildman–Crippen MR) is 72.6 cm³/mol. The van der Waals surface area contributed by atoms with Crippen molar-refractivity contribution < 1.29 is 13.6 Å². The number of carbonyl (C=O) groups is 1. The van der Waals surface area contributed by atoms with Crippen molar-refractivity contribution in [1.29, 1.82) is 0 Å². The second-order valence-corrected chi connectivity index (χ2v) is 4.94. The number of carbonyl (C=O) groups excluding carboxylic acids is 1. The molecule has 4 heteroatoms. The van der Waals surface area contributed by atoms with Gasteiger partial charge in [-0.25, -0.2) is 8.78 Å². The summed E-state index contributed by atoms with van der Waals surface area (Å²) in [5, 5.41) is 3.12. The highest BCUT2D eigenvalue weighted by atomic mass is 19.1. The number of hydrogen-bond acceptors (Lipinski definition) is 2. The van der Waals surface area contributed by atoms with Crippen LogP contribution in [0.5, 0.6) is 0 Å². The summed E-state index contributed by atoms with van der Waals surface area (Å²) in [6.07, 6.45) is 0.487. The van der Waals surface area contributed by atoms with Crippen molar-refractivity contribution in [3.05, 3.63) is 65.2 Å². The number of benzene rings is 2. The van der Waals surface area contributed by atoms with E-state index in [-0.39, 0.29) is 23.8 Å². The maximum absolute atomic E-state index is 13.5. The molecular formula is C16H13F2NO. The van der Waals surface area contributed by atoms with Gasteiger partial charge in [0, 0.05) is 18.5 Å². The molecule has 2 aromatic rings. The van der Waals surface area contributed by atoms with E-state index in [0.29, 0.717) is 6.42 Å². The van der Waals surface area contributed by atoms with Crippen LogP contribution >= 0.6 is 0 Å². The van der Waals surface area contributed by atoms with Gasteiger partial charge in [-0.05, 0) is 35.4 Å². The molecule has 0 amide bonds. The zero-order valence-corrected chi connectivity index (χ0v) is 10.7. The second-order valence-electron chi connectivity index (χ2n) is 4.94. The molecule has 2 aromatic carbocycles. The fourth-order valence-corrected chi connectivity index (χ4v) is 2.48. The number of nitrogens with one attached hydrogen (secondary N) is 1. The van der Waals surface area contributed by atoms with Crippen molar-refractivity contribution in [1.82, 2.24) is 0 Å². The van der Waals surface area contributed by atoms with Crippen LogP contribution in [0.1, 0.15) is 11.1 Å². The number of fused-ring (bicyclic) bond motifs is 1. The number of ketones is 1. The van der Waals surface area contributed by atoms with E-state index in [0.717, 1.165) is 29.4 Å². The Hall–Kier alpha value is -2.23. The third-order valence-electron chi connectivity index (χ3n) is 3.53. The summed E-state index contributed by atoms with van der Waals surface area (Å²) in [7, 11) is 0. The van der Waals surface area contributed by atoms with Gasteiger partial charge in [-0.1, -0.05) is 18.2 Å². The molecule has 0 fully saturated rings. The lowest BCUT2D eigenvalue weighted by Crippen LogP contribution is -2.28. The normalized spacial score (nSPS) is 16.6. The Kier molecular flexibility index (Phi) is 3.22. The number of para-hydroxylation sites is 1. The molecule has 1 aliphatic heterocycles. The summed E-state index contributed by atoms with van der Waals surface area (Å²) in [5.41, 5.74) is 2.11. The van der Waals surface area contributed by atoms with E-state index in [2.05, 4.69) is 5.32 Å². The van der Waals surface area contributed by atoms with Crippen LogP contribution in [-0.4, -0.2) is 11.8 Å². The molecule has 0 aromatic heterocycles. The van der Waals surface area contributed by atoms with Crippen LogP contribution in [0, 0.1) is 11.6 Å². The van der Waals surface area contributed by atoms with E-state index in [1.165, 1.54) is 0 Å². The molecule has 2 nitrogen and oxygen atoms in total. The van der Waals surface area contributed by atoms with Gasteiger partial charge in [0.1, 0.15) is 11.6 Å². The van der Waals surface area contributed by atoms with Crippen LogP contribution in [-0.2, 0) is 17.6 Å². The molecule has 1 heterocycles. The van der Waals surface area contributed by atoms with Gasteiger partial charge in [0.15, 0.2) is 5.78 Å². The lowest BCUT2D eigenvalue weighted by molar-refractivity contribution is -0.119. The second kappa shape index (κ2) is 5.04. The van der Waals surface area contributed by atoms with Gasteiger partial charge in [0.05, 0.1) is 6.04 Å². The Morgan fingerprint density at radius 3 is 2.80 bits per heavy atom. The molecule has 0 aliphatic carbocycles. The summed E-state index contributed by atoms with van der Waals surface area (Å²) in [6.45, 7) is 0. The molecule has 0 saturated heterocycles. The maximum Gasteiger partial charge on any atom is 0.159 e. The smallest absolute Gasteiger partial charge is 0.159 e. The predicted octanol–water partition coefficient (Wildman–Crippen LogP) is 3.11. The summed E-state index contributed by atoms with van der Waals surface area (Å²) in [4.78, 5) is 12.2. The topological polar surface area (TPSA) is 29.1 Å². The Bertz CT molecular complexity index is 644. The van der Waals surface area contributed by atoms with Gasteiger partial charge in [0.25, 0.3) is 0 Å². The maximum atomic E-state index is 13.5. The molecule has 3 rings (SSSR count). The largest absolute Gasteiger partial charge is 0.375 e. The summed E-state index contributed by atoms with van der Waals surface area (Å²) < 4.78 is 26.6. The summed E-state index contributed by atoms with van der Waals surface area (Å²) in [6, 6.07) is 10.5. The molecular weight excluding hydrogens is 260 g/mol. The minimum absolute atomic E-state index is 0.102. The average molecular weight is 273 g/mol. The van der Waals surface area contributed by atoms with Gasteiger partial charge >= 0.3 is 0 Å². The number of halogens is 2. The van der Waals surface area contributed by atoms with Crippen molar-refractivity contribution in [3.8, 4) is 0 Å². The molecule has 0 spiro atoms. The third-order valence-corrected chi connectivity index (χ3v) is 3.53. The van der Waals surface area contributed by atoms with Crippen LogP contribution in [0.2, 0.25) is 0 Å². The molecule has 0 radical (unpaired) electrons. The van der Waals surface area contributed by atoms with Crippen LogP contribution in [0.15, 0.2) is 42.5 Å². The summed E-state index contributed by atoms with van der Waals surface area (Å²) >= 11 is 0. The Labute approximate surface area is 115 Å². The molecule has 20 heavy (non-hydrogen) atoms. The van der Waals surface area contributed by atoms with Crippen molar-refractivity contribution in [2.45, 2.75) is 18.9 Å². The zero-order chi connectivity index (χ0) is 14.1. The summed E-state index contributed by atoms with van der Waals surface area (Å²) in [5.74, 6) is -1.21. The highest BCUT2D eigenvalue weighted by Crippen LogP contribution is 2.26. The number of hydrogen-bond donors (Lipinski definition) is 1. The van der Waals surface area contributed by atoms with Crippen LogP contribution in [0.3, 0.4) is 0 Å². The van der Waals surface area contributed by atoms with Crippen molar-refractivity contribution in [2.24, 2.45) is 0 Å². The van der Waals surface area contributed by atoms with E-state index in [1.54, 1.807) is 0 Å². The molecule has 1 atom stereocenters. The molecule has 1 unspecified atom stereocenters. The van der Waals surface area contributed by atoms with Gasteiger partial charge < -0.3 is 5.32 Å². The fourth-order valence-electron chi connectivity index (χ4n) is 2.48. The average Bonchev–Trinajstić information content (AvgIpc) is 2.87. The van der Waals surface area contributed by atoms with Gasteiger partial charge in [-0.15, -0.1) is 0 Å². The first kappa shape index (κ1) is 12.8. The van der Waals surface area contributed by atoms with E-state index >= 15 is 0 Å². The van der Waals surface area contributed by atoms with Crippen molar-refractivity contribution >= 4 is 11.5 Å². The van der Waals surface area contributed by atoms with Gasteiger partial charge in [0.2, 0.25) is 0 Å². The van der Waals surface area contributed by atoms with Crippen molar-refractivity contribution in [3.63, 3.8) is 0 Å². The Morgan fingerprint density at radius 1 is 1.20 bits per heavy atom. The van der Waals surface area contributed by atoms with E-state index in [9.17, 15) is 13.6 Å². The Balaban J connectivity index is 1.74. The van der Waals surface area contributed by atoms with E-state index in [4.69, 9.17) is 0 Å². The quantitative estimate of drug-likeness (QED) is 0.931. The zero-order valence-electron chi connectivity index (χ0n) is 10.7. The number of anilines is 1. The molecule has 1 aliphatic rings. The fraction of sp³-hybridized carbons (Fsp3) is 0.188. The first-order valence-electron chi connectivity index (χ1n) is 6.44. The van der Waals surface area contributed by atoms with Crippen LogP contribution < -0.4 is 5.32 Å². The first-order chi connectivity index (χ1) is 9.63. The first-order valence-corrected chi connectivity index (χ1v) is 6.44. The highest BCUT2D eigenvalue weighted by molar-refractivity contribution is 5.90. The van der Waals surface area contributed by atoms with E-state index in [1.807, 2.05) is 24.3 Å². The lowest BCUT2D eigenvalue weighted by Gasteiger charge is -2.10. The molecule has 0 saturated carbocycles. The van der Waals surface area contributed by atoms with Crippen LogP contribution in [0.4, 0.5) is 14.5 Å². The number of Topliss-reactive ketones (excluding diaryl/α,β-unsaturated/α-hetero) is 1. The van der Waals surface area contributed by atoms with Gasteiger partial charge in [-0.3, -0.25) is 4.79 Å². The Morgan fingerprint density at radius 2 is 2.00 bits per heavy atom. The van der Waals surface area contributed by atoms with E-state index < -0.39 is 11.6 Å². The van der Waals surface area contributed by atoms with Gasteiger partial charge in [-0.2, -0.15) is 0 Å².